The third-order valence-electron chi connectivity index (χ3n) is 6.73. The second-order valence-corrected chi connectivity index (χ2v) is 11.2. The Balaban J connectivity index is 1.06. The molecular formula is C32H25N3O4S. The Morgan fingerprint density at radius 3 is 2.27 bits per heavy atom. The average molecular weight is 548 g/mol. The van der Waals surface area contributed by atoms with E-state index in [9.17, 15) is 13.2 Å². The van der Waals surface area contributed by atoms with E-state index in [1.807, 2.05) is 78.9 Å². The number of nitrogens with zero attached hydrogens (tertiary/aromatic N) is 2. The van der Waals surface area contributed by atoms with Crippen molar-refractivity contribution in [3.05, 3.63) is 138 Å². The van der Waals surface area contributed by atoms with Gasteiger partial charge in [-0.2, -0.15) is 5.10 Å². The minimum atomic E-state index is -3.65. The Kier molecular flexibility index (Phi) is 6.76. The lowest BCUT2D eigenvalue weighted by molar-refractivity contribution is 0.0955. The third kappa shape index (κ3) is 5.04. The standard InChI is InChI=1S/C32H25N3O4S/c36-32(34-33-20-23-14-18-28(19-15-23)39-22-25-6-2-1-3-7-25)27-16-12-24(13-17-27)21-35-29-10-4-8-26-9-5-11-30(31(26)29)40(35,37)38/h1-20H,21-22H2,(H,34,36)/b33-20+. The van der Waals surface area contributed by atoms with E-state index in [1.54, 1.807) is 42.6 Å². The SMILES string of the molecule is O=C(N/N=C/c1ccc(OCc2ccccc2)cc1)c1ccc(CN2c3cccc4cccc(c34)S2(=O)=O)cc1. The van der Waals surface area contributed by atoms with Crippen LogP contribution in [0.1, 0.15) is 27.0 Å². The van der Waals surface area contributed by atoms with Crippen molar-refractivity contribution in [3.63, 3.8) is 0 Å². The molecule has 0 aliphatic carbocycles. The van der Waals surface area contributed by atoms with Crippen molar-refractivity contribution < 1.29 is 17.9 Å². The normalized spacial score (nSPS) is 13.6. The summed E-state index contributed by atoms with van der Waals surface area (Å²) in [6, 6.07) is 35.1. The van der Waals surface area contributed by atoms with Gasteiger partial charge in [-0.05, 0) is 70.6 Å². The van der Waals surface area contributed by atoms with E-state index >= 15 is 0 Å². The Hall–Kier alpha value is -4.95. The van der Waals surface area contributed by atoms with Gasteiger partial charge >= 0.3 is 0 Å². The van der Waals surface area contributed by atoms with Gasteiger partial charge in [-0.15, -0.1) is 0 Å². The number of amides is 1. The first-order valence-corrected chi connectivity index (χ1v) is 14.2. The van der Waals surface area contributed by atoms with Gasteiger partial charge in [-0.1, -0.05) is 66.7 Å². The molecule has 0 bridgehead atoms. The zero-order valence-corrected chi connectivity index (χ0v) is 22.2. The molecule has 0 unspecified atom stereocenters. The van der Waals surface area contributed by atoms with E-state index in [0.717, 1.165) is 33.2 Å². The quantitative estimate of drug-likeness (QED) is 0.194. The van der Waals surface area contributed by atoms with Gasteiger partial charge in [0.15, 0.2) is 0 Å². The van der Waals surface area contributed by atoms with Crippen LogP contribution in [0.25, 0.3) is 10.8 Å². The molecule has 0 atom stereocenters. The van der Waals surface area contributed by atoms with Crippen LogP contribution < -0.4 is 14.5 Å². The Morgan fingerprint density at radius 2 is 1.52 bits per heavy atom. The van der Waals surface area contributed by atoms with Gasteiger partial charge < -0.3 is 4.74 Å². The number of sulfonamides is 1. The molecule has 8 heteroatoms. The summed E-state index contributed by atoms with van der Waals surface area (Å²) in [5, 5.41) is 5.69. The Morgan fingerprint density at radius 1 is 0.800 bits per heavy atom. The van der Waals surface area contributed by atoms with Crippen molar-refractivity contribution in [1.29, 1.82) is 0 Å². The first kappa shape index (κ1) is 25.3. The minimum absolute atomic E-state index is 0.168. The maximum atomic E-state index is 13.2. The van der Waals surface area contributed by atoms with Crippen LogP contribution in [-0.4, -0.2) is 20.5 Å². The van der Waals surface area contributed by atoms with Crippen molar-refractivity contribution in [2.45, 2.75) is 18.0 Å². The fourth-order valence-electron chi connectivity index (χ4n) is 4.68. The van der Waals surface area contributed by atoms with E-state index in [2.05, 4.69) is 10.5 Å². The van der Waals surface area contributed by atoms with Crippen LogP contribution >= 0.6 is 0 Å². The number of ether oxygens (including phenoxy) is 1. The summed E-state index contributed by atoms with van der Waals surface area (Å²) in [5.41, 5.74) is 6.28. The first-order chi connectivity index (χ1) is 19.5. The molecule has 1 N–H and O–H groups in total. The van der Waals surface area contributed by atoms with E-state index in [4.69, 9.17) is 4.74 Å². The third-order valence-corrected chi connectivity index (χ3v) is 8.53. The average Bonchev–Trinajstić information content (AvgIpc) is 3.20. The molecule has 40 heavy (non-hydrogen) atoms. The number of anilines is 1. The minimum Gasteiger partial charge on any atom is -0.489 e. The number of rotatable bonds is 8. The van der Waals surface area contributed by atoms with Crippen LogP contribution in [0.2, 0.25) is 0 Å². The Bertz CT molecular complexity index is 1810. The molecule has 1 heterocycles. The summed E-state index contributed by atoms with van der Waals surface area (Å²) < 4.78 is 33.7. The maximum absolute atomic E-state index is 13.2. The predicted molar refractivity (Wildman–Crippen MR) is 156 cm³/mol. The van der Waals surface area contributed by atoms with Crippen molar-refractivity contribution >= 4 is 38.6 Å². The zero-order valence-electron chi connectivity index (χ0n) is 21.4. The van der Waals surface area contributed by atoms with E-state index in [1.165, 1.54) is 4.31 Å². The van der Waals surface area contributed by atoms with E-state index in [0.29, 0.717) is 22.8 Å². The molecular weight excluding hydrogens is 522 g/mol. The van der Waals surface area contributed by atoms with Gasteiger partial charge in [0.25, 0.3) is 15.9 Å². The van der Waals surface area contributed by atoms with Crippen molar-refractivity contribution in [3.8, 4) is 5.75 Å². The lowest BCUT2D eigenvalue weighted by Crippen LogP contribution is -2.26. The molecule has 0 fully saturated rings. The zero-order chi connectivity index (χ0) is 27.5. The number of benzene rings is 5. The molecule has 0 saturated heterocycles. The highest BCUT2D eigenvalue weighted by Crippen LogP contribution is 2.42. The molecule has 5 aromatic carbocycles. The Labute approximate surface area is 232 Å². The second kappa shape index (κ2) is 10.7. The van der Waals surface area contributed by atoms with E-state index < -0.39 is 10.0 Å². The fourth-order valence-corrected chi connectivity index (χ4v) is 6.38. The summed E-state index contributed by atoms with van der Waals surface area (Å²) >= 11 is 0. The molecule has 1 aliphatic rings. The molecule has 5 aromatic rings. The van der Waals surface area contributed by atoms with E-state index in [-0.39, 0.29) is 12.5 Å². The second-order valence-electron chi connectivity index (χ2n) is 9.38. The molecule has 198 valence electrons. The molecule has 0 aromatic heterocycles. The van der Waals surface area contributed by atoms with Crippen LogP contribution in [0, 0.1) is 0 Å². The fraction of sp³-hybridized carbons (Fsp3) is 0.0625. The van der Waals surface area contributed by atoms with Crippen LogP contribution in [-0.2, 0) is 23.2 Å². The lowest BCUT2D eigenvalue weighted by atomic mass is 10.1. The summed E-state index contributed by atoms with van der Waals surface area (Å²) in [7, 11) is -3.65. The smallest absolute Gasteiger partial charge is 0.271 e. The van der Waals surface area contributed by atoms with Crippen LogP contribution in [0.5, 0.6) is 5.75 Å². The number of nitrogens with one attached hydrogen (secondary N) is 1. The molecule has 0 spiro atoms. The molecule has 0 radical (unpaired) electrons. The van der Waals surface area contributed by atoms with Gasteiger partial charge in [0.1, 0.15) is 12.4 Å². The van der Waals surface area contributed by atoms with Crippen molar-refractivity contribution in [2.24, 2.45) is 5.10 Å². The highest BCUT2D eigenvalue weighted by molar-refractivity contribution is 7.93. The van der Waals surface area contributed by atoms with Gasteiger partial charge in [0.05, 0.1) is 23.3 Å². The summed E-state index contributed by atoms with van der Waals surface area (Å²) in [4.78, 5) is 12.9. The first-order valence-electron chi connectivity index (χ1n) is 12.7. The largest absolute Gasteiger partial charge is 0.489 e. The summed E-state index contributed by atoms with van der Waals surface area (Å²) in [6.45, 7) is 0.655. The summed E-state index contributed by atoms with van der Waals surface area (Å²) in [5.74, 6) is 0.379. The molecule has 1 aliphatic heterocycles. The van der Waals surface area contributed by atoms with Crippen molar-refractivity contribution in [1.82, 2.24) is 5.43 Å². The number of carbonyl (C=O) groups is 1. The molecule has 7 nitrogen and oxygen atoms in total. The van der Waals surface area contributed by atoms with Crippen LogP contribution in [0.15, 0.2) is 125 Å². The molecule has 0 saturated carbocycles. The van der Waals surface area contributed by atoms with Crippen LogP contribution in [0.3, 0.4) is 0 Å². The van der Waals surface area contributed by atoms with Crippen molar-refractivity contribution in [2.75, 3.05) is 4.31 Å². The van der Waals surface area contributed by atoms with Gasteiger partial charge in [0.2, 0.25) is 0 Å². The highest BCUT2D eigenvalue weighted by atomic mass is 32.2. The van der Waals surface area contributed by atoms with Gasteiger partial charge in [0, 0.05) is 10.9 Å². The monoisotopic (exact) mass is 547 g/mol. The highest BCUT2D eigenvalue weighted by Gasteiger charge is 2.35. The predicted octanol–water partition coefficient (Wildman–Crippen LogP) is 5.89. The number of hydrogen-bond donors (Lipinski definition) is 1. The summed E-state index contributed by atoms with van der Waals surface area (Å²) in [6.07, 6.45) is 1.56. The number of carbonyl (C=O) groups excluding carboxylic acids is 1. The number of hydrogen-bond acceptors (Lipinski definition) is 5. The lowest BCUT2D eigenvalue weighted by Gasteiger charge is -2.19. The molecule has 1 amide bonds. The van der Waals surface area contributed by atoms with Gasteiger partial charge in [-0.3, -0.25) is 9.10 Å². The molecule has 6 rings (SSSR count). The topological polar surface area (TPSA) is 88.1 Å². The van der Waals surface area contributed by atoms with Gasteiger partial charge in [-0.25, -0.2) is 13.8 Å². The van der Waals surface area contributed by atoms with Crippen LogP contribution in [0.4, 0.5) is 5.69 Å². The number of hydrazone groups is 1. The maximum Gasteiger partial charge on any atom is 0.271 e.